The number of hydrogen-bond acceptors (Lipinski definition) is 3. The molecule has 1 fully saturated rings. The Morgan fingerprint density at radius 1 is 1.35 bits per heavy atom. The number of benzene rings is 1. The summed E-state index contributed by atoms with van der Waals surface area (Å²) in [6, 6.07) is 9.25. The molecule has 3 heteroatoms. The van der Waals surface area contributed by atoms with Crippen LogP contribution in [0.1, 0.15) is 24.5 Å². The van der Waals surface area contributed by atoms with Gasteiger partial charge < -0.3 is 15.0 Å². The van der Waals surface area contributed by atoms with Crippen molar-refractivity contribution in [2.24, 2.45) is 5.92 Å². The summed E-state index contributed by atoms with van der Waals surface area (Å²) in [6.07, 6.45) is 1.14. The molecule has 0 spiro atoms. The third kappa shape index (κ3) is 4.30. The van der Waals surface area contributed by atoms with E-state index in [1.54, 1.807) is 0 Å². The molecule has 1 heterocycles. The van der Waals surface area contributed by atoms with Crippen molar-refractivity contribution in [3.05, 3.63) is 35.4 Å². The van der Waals surface area contributed by atoms with E-state index in [4.69, 9.17) is 4.74 Å². The molecule has 0 aromatic heterocycles. The van der Waals surface area contributed by atoms with E-state index in [9.17, 15) is 0 Å². The maximum atomic E-state index is 5.67. The molecule has 2 rings (SSSR count). The van der Waals surface area contributed by atoms with Crippen LogP contribution in [0.25, 0.3) is 0 Å². The van der Waals surface area contributed by atoms with E-state index in [1.807, 2.05) is 0 Å². The van der Waals surface area contributed by atoms with Crippen molar-refractivity contribution < 1.29 is 4.74 Å². The van der Waals surface area contributed by atoms with Gasteiger partial charge in [0.15, 0.2) is 0 Å². The Morgan fingerprint density at radius 2 is 2.15 bits per heavy atom. The van der Waals surface area contributed by atoms with Crippen molar-refractivity contribution in [1.82, 2.24) is 10.2 Å². The predicted molar refractivity (Wildman–Crippen MR) is 83.9 cm³/mol. The van der Waals surface area contributed by atoms with Gasteiger partial charge in [-0.05, 0) is 38.1 Å². The molecule has 0 bridgehead atoms. The van der Waals surface area contributed by atoms with Crippen molar-refractivity contribution in [1.29, 1.82) is 0 Å². The van der Waals surface area contributed by atoms with E-state index >= 15 is 0 Å². The van der Waals surface area contributed by atoms with Gasteiger partial charge in [0.05, 0.1) is 6.61 Å². The molecule has 1 aromatic rings. The minimum atomic E-state index is 0.595. The van der Waals surface area contributed by atoms with E-state index in [0.29, 0.717) is 12.0 Å². The number of aryl methyl sites for hydroxylation is 1. The van der Waals surface area contributed by atoms with Crippen LogP contribution in [0.3, 0.4) is 0 Å². The van der Waals surface area contributed by atoms with Crippen LogP contribution in [-0.2, 0) is 11.3 Å². The van der Waals surface area contributed by atoms with Crippen LogP contribution in [0.4, 0.5) is 0 Å². The number of hydrogen-bond donors (Lipinski definition) is 1. The highest BCUT2D eigenvalue weighted by Crippen LogP contribution is 2.17. The third-order valence-corrected chi connectivity index (χ3v) is 4.19. The van der Waals surface area contributed by atoms with Gasteiger partial charge in [0.25, 0.3) is 0 Å². The molecule has 1 N–H and O–H groups in total. The Morgan fingerprint density at radius 3 is 2.90 bits per heavy atom. The molecular formula is C17H28N2O. The molecule has 2 unspecified atom stereocenters. The molecule has 0 radical (unpaired) electrons. The maximum Gasteiger partial charge on any atom is 0.0521 e. The van der Waals surface area contributed by atoms with Gasteiger partial charge >= 0.3 is 0 Å². The predicted octanol–water partition coefficient (Wildman–Crippen LogP) is 2.44. The van der Waals surface area contributed by atoms with Crippen molar-refractivity contribution in [2.45, 2.75) is 32.9 Å². The molecule has 1 aliphatic rings. The first-order valence-electron chi connectivity index (χ1n) is 7.75. The lowest BCUT2D eigenvalue weighted by molar-refractivity contribution is 0.0193. The van der Waals surface area contributed by atoms with Gasteiger partial charge in [-0.25, -0.2) is 0 Å². The quantitative estimate of drug-likeness (QED) is 0.864. The largest absolute Gasteiger partial charge is 0.381 e. The van der Waals surface area contributed by atoms with E-state index in [-0.39, 0.29) is 0 Å². The normalized spacial score (nSPS) is 23.2. The first-order chi connectivity index (χ1) is 9.70. The van der Waals surface area contributed by atoms with Crippen LogP contribution in [0.5, 0.6) is 0 Å². The topological polar surface area (TPSA) is 24.5 Å². The van der Waals surface area contributed by atoms with E-state index < -0.39 is 0 Å². The van der Waals surface area contributed by atoms with Crippen LogP contribution >= 0.6 is 0 Å². The Balaban J connectivity index is 1.89. The van der Waals surface area contributed by atoms with Gasteiger partial charge in [0, 0.05) is 31.7 Å². The van der Waals surface area contributed by atoms with Crippen molar-refractivity contribution >= 4 is 0 Å². The van der Waals surface area contributed by atoms with Gasteiger partial charge in [-0.1, -0.05) is 31.2 Å². The summed E-state index contributed by atoms with van der Waals surface area (Å²) in [5.74, 6) is 0.595. The van der Waals surface area contributed by atoms with Gasteiger partial charge in [0.2, 0.25) is 0 Å². The lowest BCUT2D eigenvalue weighted by Gasteiger charge is -2.34. The lowest BCUT2D eigenvalue weighted by atomic mass is 9.95. The standard InChI is InChI=1S/C17H28N2O/c1-4-18-17-9-10-20-13-16(17)12-19(3)11-15-8-6-5-7-14(15)2/h5-8,16-18H,4,9-13H2,1-3H3. The zero-order chi connectivity index (χ0) is 14.4. The van der Waals surface area contributed by atoms with Gasteiger partial charge in [0.1, 0.15) is 0 Å². The highest BCUT2D eigenvalue weighted by Gasteiger charge is 2.26. The van der Waals surface area contributed by atoms with E-state index in [1.165, 1.54) is 11.1 Å². The highest BCUT2D eigenvalue weighted by atomic mass is 16.5. The first kappa shape index (κ1) is 15.5. The minimum Gasteiger partial charge on any atom is -0.381 e. The smallest absolute Gasteiger partial charge is 0.0521 e. The number of rotatable bonds is 6. The SMILES string of the molecule is CCNC1CCOCC1CN(C)Cc1ccccc1C. The van der Waals surface area contributed by atoms with Gasteiger partial charge in [-0.2, -0.15) is 0 Å². The molecule has 1 aliphatic heterocycles. The first-order valence-corrected chi connectivity index (χ1v) is 7.75. The Kier molecular flexibility index (Phi) is 6.02. The molecule has 0 saturated carbocycles. The fourth-order valence-corrected chi connectivity index (χ4v) is 3.05. The van der Waals surface area contributed by atoms with Crippen molar-refractivity contribution in [3.63, 3.8) is 0 Å². The third-order valence-electron chi connectivity index (χ3n) is 4.19. The number of ether oxygens (including phenoxy) is 1. The second kappa shape index (κ2) is 7.77. The lowest BCUT2D eigenvalue weighted by Crippen LogP contribution is -2.47. The molecule has 1 aromatic carbocycles. The molecule has 112 valence electrons. The van der Waals surface area contributed by atoms with Crippen LogP contribution in [0.15, 0.2) is 24.3 Å². The second-order valence-corrected chi connectivity index (χ2v) is 5.91. The van der Waals surface area contributed by atoms with Crippen LogP contribution in [-0.4, -0.2) is 44.3 Å². The fourth-order valence-electron chi connectivity index (χ4n) is 3.05. The summed E-state index contributed by atoms with van der Waals surface area (Å²) in [5, 5.41) is 3.61. The van der Waals surface area contributed by atoms with Crippen LogP contribution in [0.2, 0.25) is 0 Å². The van der Waals surface area contributed by atoms with Crippen molar-refractivity contribution in [2.75, 3.05) is 33.4 Å². The molecule has 0 amide bonds. The highest BCUT2D eigenvalue weighted by molar-refractivity contribution is 5.25. The summed E-state index contributed by atoms with van der Waals surface area (Å²) >= 11 is 0. The zero-order valence-corrected chi connectivity index (χ0v) is 13.1. The summed E-state index contributed by atoms with van der Waals surface area (Å²) in [6.45, 7) is 9.31. The maximum absolute atomic E-state index is 5.67. The van der Waals surface area contributed by atoms with E-state index in [0.717, 1.165) is 39.3 Å². The van der Waals surface area contributed by atoms with Gasteiger partial charge in [-0.15, -0.1) is 0 Å². The molecular weight excluding hydrogens is 248 g/mol. The van der Waals surface area contributed by atoms with Gasteiger partial charge in [-0.3, -0.25) is 0 Å². The monoisotopic (exact) mass is 276 g/mol. The summed E-state index contributed by atoms with van der Waals surface area (Å²) in [7, 11) is 2.21. The molecule has 20 heavy (non-hydrogen) atoms. The van der Waals surface area contributed by atoms with Crippen molar-refractivity contribution in [3.8, 4) is 0 Å². The average molecular weight is 276 g/mol. The minimum absolute atomic E-state index is 0.595. The van der Waals surface area contributed by atoms with Crippen LogP contribution in [0, 0.1) is 12.8 Å². The number of nitrogens with one attached hydrogen (secondary N) is 1. The molecule has 0 aliphatic carbocycles. The molecule has 3 nitrogen and oxygen atoms in total. The molecule has 1 saturated heterocycles. The number of nitrogens with zero attached hydrogens (tertiary/aromatic N) is 1. The summed E-state index contributed by atoms with van der Waals surface area (Å²) < 4.78 is 5.67. The Labute approximate surface area is 123 Å². The summed E-state index contributed by atoms with van der Waals surface area (Å²) in [4.78, 5) is 2.42. The average Bonchev–Trinajstić information content (AvgIpc) is 2.44. The Bertz CT molecular complexity index is 406. The zero-order valence-electron chi connectivity index (χ0n) is 13.1. The Hall–Kier alpha value is -0.900. The fraction of sp³-hybridized carbons (Fsp3) is 0.647. The molecule has 2 atom stereocenters. The van der Waals surface area contributed by atoms with E-state index in [2.05, 4.69) is 55.4 Å². The van der Waals surface area contributed by atoms with Crippen LogP contribution < -0.4 is 5.32 Å². The summed E-state index contributed by atoms with van der Waals surface area (Å²) in [5.41, 5.74) is 2.80. The second-order valence-electron chi connectivity index (χ2n) is 5.91.